The molecule has 2 aromatic carbocycles. The molecule has 1 unspecified atom stereocenters. The highest BCUT2D eigenvalue weighted by atomic mass is 35.5. The number of anilines is 1. The van der Waals surface area contributed by atoms with Crippen molar-refractivity contribution in [2.45, 2.75) is 45.1 Å². The van der Waals surface area contributed by atoms with Crippen LogP contribution < -0.4 is 4.90 Å². The zero-order valence-corrected chi connectivity index (χ0v) is 18.6. The van der Waals surface area contributed by atoms with Crippen LogP contribution in [0, 0.1) is 20.8 Å². The van der Waals surface area contributed by atoms with E-state index in [4.69, 9.17) is 16.4 Å². The molecule has 2 saturated heterocycles. The molecule has 158 valence electrons. The number of ketones is 1. The first-order valence-corrected chi connectivity index (χ1v) is 10.7. The van der Waals surface area contributed by atoms with Gasteiger partial charge in [0.25, 0.3) is 0 Å². The Morgan fingerprint density at radius 1 is 1.00 bits per heavy atom. The summed E-state index contributed by atoms with van der Waals surface area (Å²) in [5, 5.41) is 2.44. The summed E-state index contributed by atoms with van der Waals surface area (Å²) in [6.07, 6.45) is 1.07. The number of hydrogen-bond donors (Lipinski definition) is 0. The van der Waals surface area contributed by atoms with Gasteiger partial charge in [0.2, 0.25) is 5.91 Å². The quantitative estimate of drug-likeness (QED) is 0.684. The van der Waals surface area contributed by atoms with Gasteiger partial charge in [0.05, 0.1) is 7.11 Å². The van der Waals surface area contributed by atoms with Gasteiger partial charge in [0, 0.05) is 23.8 Å². The molecule has 6 heteroatoms. The predicted octanol–water partition coefficient (Wildman–Crippen LogP) is 4.36. The zero-order valence-electron chi connectivity index (χ0n) is 17.9. The number of piperidine rings is 1. The summed E-state index contributed by atoms with van der Waals surface area (Å²) in [7, 11) is 1.64. The van der Waals surface area contributed by atoms with Crippen molar-refractivity contribution in [1.29, 1.82) is 0 Å². The molecule has 2 heterocycles. The van der Waals surface area contributed by atoms with Crippen molar-refractivity contribution in [2.75, 3.05) is 25.1 Å². The standard InChI is InChI=1S/C24H27ClN2O3/c1-15-13-16(2)20(17(3)14-15)21-22(28)24(9-11-26(30-4)12-10-24)27(23(21)29)19-7-5-18(25)6-8-19/h5-8,13-14,21H,9-12H2,1-4H3. The smallest absolute Gasteiger partial charge is 0.243 e. The maximum absolute atomic E-state index is 14.0. The lowest BCUT2D eigenvalue weighted by Gasteiger charge is -2.42. The normalized spacial score (nSPS) is 21.6. The fourth-order valence-electron chi connectivity index (χ4n) is 5.21. The molecule has 5 nitrogen and oxygen atoms in total. The highest BCUT2D eigenvalue weighted by Gasteiger charge is 2.60. The fourth-order valence-corrected chi connectivity index (χ4v) is 5.33. The Kier molecular flexibility index (Phi) is 5.47. The second-order valence-electron chi connectivity index (χ2n) is 8.40. The van der Waals surface area contributed by atoms with Crippen LogP contribution in [0.25, 0.3) is 0 Å². The Hall–Kier alpha value is -2.21. The van der Waals surface area contributed by atoms with Gasteiger partial charge < -0.3 is 4.84 Å². The third kappa shape index (κ3) is 3.25. The molecule has 30 heavy (non-hydrogen) atoms. The summed E-state index contributed by atoms with van der Waals surface area (Å²) in [5.74, 6) is -0.938. The van der Waals surface area contributed by atoms with Crippen molar-refractivity contribution >= 4 is 29.0 Å². The van der Waals surface area contributed by atoms with Crippen molar-refractivity contribution in [2.24, 2.45) is 0 Å². The SMILES string of the molecule is CON1CCC2(CC1)C(=O)C(c1c(C)cc(C)cc1C)C(=O)N2c1ccc(Cl)cc1. The average molecular weight is 427 g/mol. The molecule has 2 aliphatic rings. The molecule has 0 bridgehead atoms. The summed E-state index contributed by atoms with van der Waals surface area (Å²) in [5.41, 5.74) is 3.80. The Bertz CT molecular complexity index is 971. The fraction of sp³-hybridized carbons (Fsp3) is 0.417. The minimum absolute atomic E-state index is 0.00624. The second-order valence-corrected chi connectivity index (χ2v) is 8.84. The molecule has 0 saturated carbocycles. The number of hydrogen-bond acceptors (Lipinski definition) is 4. The predicted molar refractivity (Wildman–Crippen MR) is 118 cm³/mol. The van der Waals surface area contributed by atoms with Crippen LogP contribution in [0.15, 0.2) is 36.4 Å². The lowest BCUT2D eigenvalue weighted by molar-refractivity contribution is -0.155. The van der Waals surface area contributed by atoms with Crippen LogP contribution in [-0.4, -0.2) is 42.5 Å². The van der Waals surface area contributed by atoms with Crippen molar-refractivity contribution in [3.8, 4) is 0 Å². The molecule has 0 N–H and O–H groups in total. The largest absolute Gasteiger partial charge is 0.302 e. The lowest BCUT2D eigenvalue weighted by Crippen LogP contribution is -2.56. The molecule has 2 fully saturated rings. The summed E-state index contributed by atoms with van der Waals surface area (Å²) in [6.45, 7) is 7.20. The molecule has 0 radical (unpaired) electrons. The number of carbonyl (C=O) groups is 2. The topological polar surface area (TPSA) is 49.9 Å². The van der Waals surface area contributed by atoms with Gasteiger partial charge in [-0.25, -0.2) is 0 Å². The lowest BCUT2D eigenvalue weighted by atomic mass is 9.78. The van der Waals surface area contributed by atoms with Gasteiger partial charge >= 0.3 is 0 Å². The van der Waals surface area contributed by atoms with E-state index >= 15 is 0 Å². The average Bonchev–Trinajstić information content (AvgIpc) is 2.90. The highest BCUT2D eigenvalue weighted by Crippen LogP contribution is 2.47. The summed E-state index contributed by atoms with van der Waals surface area (Å²) >= 11 is 6.09. The maximum Gasteiger partial charge on any atom is 0.243 e. The van der Waals surface area contributed by atoms with E-state index in [1.54, 1.807) is 24.1 Å². The monoisotopic (exact) mass is 426 g/mol. The van der Waals surface area contributed by atoms with Crippen LogP contribution >= 0.6 is 11.6 Å². The molecular formula is C24H27ClN2O3. The molecule has 1 atom stereocenters. The molecule has 1 spiro atoms. The number of benzene rings is 2. The van der Waals surface area contributed by atoms with Gasteiger partial charge in [-0.05, 0) is 74.6 Å². The van der Waals surface area contributed by atoms with E-state index < -0.39 is 11.5 Å². The molecule has 2 aromatic rings. The van der Waals surface area contributed by atoms with Crippen molar-refractivity contribution in [3.05, 3.63) is 63.7 Å². The van der Waals surface area contributed by atoms with Gasteiger partial charge in [-0.2, -0.15) is 5.06 Å². The second kappa shape index (κ2) is 7.80. The van der Waals surface area contributed by atoms with E-state index in [0.29, 0.717) is 36.6 Å². The van der Waals surface area contributed by atoms with Gasteiger partial charge in [-0.1, -0.05) is 29.3 Å². The van der Waals surface area contributed by atoms with E-state index in [9.17, 15) is 9.59 Å². The van der Waals surface area contributed by atoms with E-state index in [2.05, 4.69) is 0 Å². The number of rotatable bonds is 3. The van der Waals surface area contributed by atoms with Gasteiger partial charge in [0.15, 0.2) is 5.78 Å². The van der Waals surface area contributed by atoms with Crippen molar-refractivity contribution in [1.82, 2.24) is 5.06 Å². The zero-order chi connectivity index (χ0) is 21.6. The van der Waals surface area contributed by atoms with Crippen LogP contribution in [-0.2, 0) is 14.4 Å². The number of Topliss-reactive ketones (excluding diaryl/α,β-unsaturated/α-hetero) is 1. The van der Waals surface area contributed by atoms with Crippen molar-refractivity contribution < 1.29 is 14.4 Å². The molecule has 4 rings (SSSR count). The first kappa shape index (κ1) is 21.0. The third-order valence-electron chi connectivity index (χ3n) is 6.54. The molecule has 1 amide bonds. The minimum atomic E-state index is -0.867. The summed E-state index contributed by atoms with van der Waals surface area (Å²) < 4.78 is 0. The summed E-state index contributed by atoms with van der Waals surface area (Å²) in [4.78, 5) is 34.9. The van der Waals surface area contributed by atoms with Crippen LogP contribution in [0.5, 0.6) is 0 Å². The van der Waals surface area contributed by atoms with Crippen molar-refractivity contribution in [3.63, 3.8) is 0 Å². The number of aryl methyl sites for hydroxylation is 3. The van der Waals surface area contributed by atoms with Crippen LogP contribution in [0.4, 0.5) is 5.69 Å². The molecular weight excluding hydrogens is 400 g/mol. The number of halogens is 1. The Morgan fingerprint density at radius 3 is 2.10 bits per heavy atom. The Morgan fingerprint density at radius 2 is 1.57 bits per heavy atom. The number of nitrogens with zero attached hydrogens (tertiary/aromatic N) is 2. The van der Waals surface area contributed by atoms with Gasteiger partial charge in [-0.3, -0.25) is 14.5 Å². The Balaban J connectivity index is 1.85. The first-order valence-electron chi connectivity index (χ1n) is 10.3. The highest BCUT2D eigenvalue weighted by molar-refractivity contribution is 6.31. The van der Waals surface area contributed by atoms with E-state index in [0.717, 1.165) is 22.3 Å². The molecule has 0 aliphatic carbocycles. The molecule has 2 aliphatic heterocycles. The number of amides is 1. The number of hydroxylamine groups is 2. The first-order chi connectivity index (χ1) is 14.3. The minimum Gasteiger partial charge on any atom is -0.302 e. The summed E-state index contributed by atoms with van der Waals surface area (Å²) in [6, 6.07) is 11.3. The van der Waals surface area contributed by atoms with Gasteiger partial charge in [0.1, 0.15) is 11.5 Å². The van der Waals surface area contributed by atoms with E-state index in [1.807, 2.05) is 50.1 Å². The molecule has 0 aromatic heterocycles. The van der Waals surface area contributed by atoms with Crippen LogP contribution in [0.1, 0.15) is 41.0 Å². The van der Waals surface area contributed by atoms with E-state index in [1.165, 1.54) is 0 Å². The van der Waals surface area contributed by atoms with Crippen LogP contribution in [0.3, 0.4) is 0 Å². The van der Waals surface area contributed by atoms with Crippen LogP contribution in [0.2, 0.25) is 5.02 Å². The van der Waals surface area contributed by atoms with E-state index in [-0.39, 0.29) is 11.7 Å². The third-order valence-corrected chi connectivity index (χ3v) is 6.79. The number of carbonyl (C=O) groups excluding carboxylic acids is 2. The maximum atomic E-state index is 14.0. The Labute approximate surface area is 182 Å². The van der Waals surface area contributed by atoms with Gasteiger partial charge in [-0.15, -0.1) is 0 Å².